The molecular weight excluding hydrogens is 236 g/mol. The van der Waals surface area contributed by atoms with Gasteiger partial charge in [-0.2, -0.15) is 0 Å². The van der Waals surface area contributed by atoms with Gasteiger partial charge in [0.15, 0.2) is 0 Å². The molecule has 1 saturated carbocycles. The number of carbonyl (C=O) groups excluding carboxylic acids is 1. The molecule has 1 amide bonds. The van der Waals surface area contributed by atoms with Crippen molar-refractivity contribution in [1.29, 1.82) is 0 Å². The van der Waals surface area contributed by atoms with E-state index in [4.69, 9.17) is 5.73 Å². The molecule has 0 aromatic heterocycles. The highest BCUT2D eigenvalue weighted by atomic mass is 16.2. The first-order valence-corrected chi connectivity index (χ1v) is 7.09. The van der Waals surface area contributed by atoms with Crippen LogP contribution in [0.15, 0.2) is 18.2 Å². The van der Waals surface area contributed by atoms with Crippen molar-refractivity contribution in [2.24, 2.45) is 5.73 Å². The van der Waals surface area contributed by atoms with Gasteiger partial charge in [-0.1, -0.05) is 17.7 Å². The van der Waals surface area contributed by atoms with Crippen LogP contribution in [-0.2, 0) is 0 Å². The van der Waals surface area contributed by atoms with Crippen LogP contribution >= 0.6 is 0 Å². The fourth-order valence-electron chi connectivity index (χ4n) is 2.81. The molecule has 0 aliphatic heterocycles. The molecule has 3 heteroatoms. The van der Waals surface area contributed by atoms with Gasteiger partial charge in [-0.3, -0.25) is 4.79 Å². The van der Waals surface area contributed by atoms with E-state index in [-0.39, 0.29) is 5.91 Å². The summed E-state index contributed by atoms with van der Waals surface area (Å²) in [6.45, 7) is 4.02. The van der Waals surface area contributed by atoms with Crippen LogP contribution < -0.4 is 5.73 Å². The smallest absolute Gasteiger partial charge is 0.254 e. The second kappa shape index (κ2) is 5.74. The van der Waals surface area contributed by atoms with Crippen LogP contribution in [0.4, 0.5) is 0 Å². The third-order valence-corrected chi connectivity index (χ3v) is 4.23. The summed E-state index contributed by atoms with van der Waals surface area (Å²) < 4.78 is 0. The lowest BCUT2D eigenvalue weighted by Crippen LogP contribution is -2.42. The zero-order valence-corrected chi connectivity index (χ0v) is 12.1. The van der Waals surface area contributed by atoms with Crippen LogP contribution in [0, 0.1) is 13.8 Å². The number of hydrogen-bond donors (Lipinski definition) is 1. The lowest BCUT2D eigenvalue weighted by atomic mass is 9.90. The summed E-state index contributed by atoms with van der Waals surface area (Å²) in [5.41, 5.74) is 8.94. The van der Waals surface area contributed by atoms with Gasteiger partial charge in [-0.15, -0.1) is 0 Å². The van der Waals surface area contributed by atoms with Crippen molar-refractivity contribution in [3.63, 3.8) is 0 Å². The first-order chi connectivity index (χ1) is 8.99. The summed E-state index contributed by atoms with van der Waals surface area (Å²) in [5, 5.41) is 0. The van der Waals surface area contributed by atoms with E-state index < -0.39 is 0 Å². The molecule has 0 atom stereocenters. The Morgan fingerprint density at radius 3 is 2.47 bits per heavy atom. The molecule has 0 bridgehead atoms. The van der Waals surface area contributed by atoms with Crippen LogP contribution in [-0.4, -0.2) is 29.9 Å². The van der Waals surface area contributed by atoms with Crippen molar-refractivity contribution in [3.8, 4) is 0 Å². The Morgan fingerprint density at radius 2 is 1.84 bits per heavy atom. The average Bonchev–Trinajstić information content (AvgIpc) is 2.41. The van der Waals surface area contributed by atoms with Gasteiger partial charge in [-0.05, 0) is 51.2 Å². The summed E-state index contributed by atoms with van der Waals surface area (Å²) in [4.78, 5) is 14.5. The second-order valence-electron chi connectivity index (χ2n) is 5.80. The molecule has 1 aromatic carbocycles. The first-order valence-electron chi connectivity index (χ1n) is 7.09. The predicted octanol–water partition coefficient (Wildman–Crippen LogP) is 2.65. The molecule has 0 unspecified atom stereocenters. The van der Waals surface area contributed by atoms with Crippen molar-refractivity contribution in [2.75, 3.05) is 7.05 Å². The lowest BCUT2D eigenvalue weighted by Gasteiger charge is -2.33. The Balaban J connectivity index is 2.12. The van der Waals surface area contributed by atoms with Crippen LogP contribution in [0.3, 0.4) is 0 Å². The van der Waals surface area contributed by atoms with E-state index in [1.54, 1.807) is 0 Å². The largest absolute Gasteiger partial charge is 0.339 e. The number of amides is 1. The Kier molecular flexibility index (Phi) is 4.25. The molecule has 104 valence electrons. The van der Waals surface area contributed by atoms with Crippen LogP contribution in [0.25, 0.3) is 0 Å². The van der Waals surface area contributed by atoms with Crippen molar-refractivity contribution < 1.29 is 4.79 Å². The molecule has 0 radical (unpaired) electrons. The van der Waals surface area contributed by atoms with Crippen molar-refractivity contribution in [1.82, 2.24) is 4.90 Å². The minimum Gasteiger partial charge on any atom is -0.339 e. The summed E-state index contributed by atoms with van der Waals surface area (Å²) in [5.74, 6) is 0.140. The average molecular weight is 260 g/mol. The summed E-state index contributed by atoms with van der Waals surface area (Å²) in [6, 6.07) is 6.72. The maximum Gasteiger partial charge on any atom is 0.254 e. The van der Waals surface area contributed by atoms with E-state index in [1.807, 2.05) is 44.0 Å². The monoisotopic (exact) mass is 260 g/mol. The fraction of sp³-hybridized carbons (Fsp3) is 0.562. The van der Waals surface area contributed by atoms with Crippen LogP contribution in [0.2, 0.25) is 0 Å². The quantitative estimate of drug-likeness (QED) is 0.888. The topological polar surface area (TPSA) is 46.3 Å². The van der Waals surface area contributed by atoms with E-state index in [2.05, 4.69) is 0 Å². The third kappa shape index (κ3) is 3.16. The molecule has 1 aliphatic rings. The fourth-order valence-corrected chi connectivity index (χ4v) is 2.81. The standard InChI is InChI=1S/C16H24N2O/c1-11-4-5-12(2)15(10-11)16(19)18(3)14-8-6-13(17)7-9-14/h4-5,10,13-14H,6-9,17H2,1-3H3. The maximum absolute atomic E-state index is 12.6. The number of nitrogens with zero attached hydrogens (tertiary/aromatic N) is 1. The van der Waals surface area contributed by atoms with Gasteiger partial charge in [0.25, 0.3) is 5.91 Å². The molecule has 19 heavy (non-hydrogen) atoms. The SMILES string of the molecule is Cc1ccc(C)c(C(=O)N(C)C2CCC(N)CC2)c1. The van der Waals surface area contributed by atoms with Gasteiger partial charge < -0.3 is 10.6 Å². The van der Waals surface area contributed by atoms with Gasteiger partial charge >= 0.3 is 0 Å². The maximum atomic E-state index is 12.6. The number of hydrogen-bond acceptors (Lipinski definition) is 2. The number of nitrogens with two attached hydrogens (primary N) is 1. The summed E-state index contributed by atoms with van der Waals surface area (Å²) in [7, 11) is 1.92. The van der Waals surface area contributed by atoms with Gasteiger partial charge in [0.2, 0.25) is 0 Å². The van der Waals surface area contributed by atoms with Crippen LogP contribution in [0.1, 0.15) is 47.2 Å². The van der Waals surface area contributed by atoms with E-state index >= 15 is 0 Å². The Labute approximate surface area is 115 Å². The molecule has 0 saturated heterocycles. The number of benzene rings is 1. The molecule has 0 spiro atoms. The minimum absolute atomic E-state index is 0.140. The van der Waals surface area contributed by atoms with E-state index in [0.29, 0.717) is 12.1 Å². The molecular formula is C16H24N2O. The second-order valence-corrected chi connectivity index (χ2v) is 5.80. The molecule has 3 nitrogen and oxygen atoms in total. The number of carbonyl (C=O) groups is 1. The molecule has 1 fully saturated rings. The Morgan fingerprint density at radius 1 is 1.21 bits per heavy atom. The van der Waals surface area contributed by atoms with Gasteiger partial charge in [0, 0.05) is 24.7 Å². The Bertz CT molecular complexity index is 462. The highest BCUT2D eigenvalue weighted by molar-refractivity contribution is 5.95. The zero-order chi connectivity index (χ0) is 14.0. The van der Waals surface area contributed by atoms with Gasteiger partial charge in [-0.25, -0.2) is 0 Å². The van der Waals surface area contributed by atoms with E-state index in [0.717, 1.165) is 42.4 Å². The van der Waals surface area contributed by atoms with Crippen molar-refractivity contribution >= 4 is 5.91 Å². The van der Waals surface area contributed by atoms with Crippen molar-refractivity contribution in [2.45, 2.75) is 51.6 Å². The Hall–Kier alpha value is -1.35. The van der Waals surface area contributed by atoms with Gasteiger partial charge in [0.1, 0.15) is 0 Å². The number of aryl methyl sites for hydroxylation is 2. The zero-order valence-electron chi connectivity index (χ0n) is 12.1. The minimum atomic E-state index is 0.140. The highest BCUT2D eigenvalue weighted by Crippen LogP contribution is 2.23. The first kappa shape index (κ1) is 14.1. The predicted molar refractivity (Wildman–Crippen MR) is 78.2 cm³/mol. The number of rotatable bonds is 2. The summed E-state index contributed by atoms with van der Waals surface area (Å²) >= 11 is 0. The summed E-state index contributed by atoms with van der Waals surface area (Å²) in [6.07, 6.45) is 4.09. The van der Waals surface area contributed by atoms with Crippen LogP contribution in [0.5, 0.6) is 0 Å². The third-order valence-electron chi connectivity index (χ3n) is 4.23. The normalized spacial score (nSPS) is 23.2. The lowest BCUT2D eigenvalue weighted by molar-refractivity contribution is 0.0689. The molecule has 0 heterocycles. The highest BCUT2D eigenvalue weighted by Gasteiger charge is 2.26. The molecule has 2 rings (SSSR count). The molecule has 1 aromatic rings. The van der Waals surface area contributed by atoms with Gasteiger partial charge in [0.05, 0.1) is 0 Å². The van der Waals surface area contributed by atoms with Crippen molar-refractivity contribution in [3.05, 3.63) is 34.9 Å². The molecule has 1 aliphatic carbocycles. The van der Waals surface area contributed by atoms with E-state index in [9.17, 15) is 4.79 Å². The van der Waals surface area contributed by atoms with E-state index in [1.165, 1.54) is 0 Å². The molecule has 2 N–H and O–H groups in total.